The number of aliphatic hydroxyl groups excluding tert-OH is 1. The van der Waals surface area contributed by atoms with Crippen LogP contribution in [0.15, 0.2) is 48.7 Å². The van der Waals surface area contributed by atoms with Gasteiger partial charge in [0.15, 0.2) is 0 Å². The van der Waals surface area contributed by atoms with Crippen LogP contribution in [-0.2, 0) is 6.61 Å². The molecule has 6 nitrogen and oxygen atoms in total. The fraction of sp³-hybridized carbons (Fsp3) is 0.286. The van der Waals surface area contributed by atoms with Gasteiger partial charge in [0.25, 0.3) is 0 Å². The highest BCUT2D eigenvalue weighted by molar-refractivity contribution is 5.90. The van der Waals surface area contributed by atoms with Gasteiger partial charge in [-0.15, -0.1) is 0 Å². The summed E-state index contributed by atoms with van der Waals surface area (Å²) in [5.41, 5.74) is 4.20. The molecule has 0 atom stereocenters. The van der Waals surface area contributed by atoms with E-state index in [9.17, 15) is 9.90 Å². The number of benzene rings is 1. The minimum Gasteiger partial charge on any atom is -0.392 e. The summed E-state index contributed by atoms with van der Waals surface area (Å²) in [4.78, 5) is 21.2. The van der Waals surface area contributed by atoms with Crippen LogP contribution in [0.3, 0.4) is 0 Å². The van der Waals surface area contributed by atoms with Gasteiger partial charge < -0.3 is 10.4 Å². The van der Waals surface area contributed by atoms with Gasteiger partial charge in [-0.3, -0.25) is 10.3 Å². The number of anilines is 1. The number of nitrogens with one attached hydrogen (secondary N) is 2. The Morgan fingerprint density at radius 1 is 1.07 bits per heavy atom. The molecule has 1 aromatic carbocycles. The van der Waals surface area contributed by atoms with Crippen LogP contribution in [0.4, 0.5) is 10.6 Å². The van der Waals surface area contributed by atoms with Crippen LogP contribution in [0.1, 0.15) is 31.2 Å². The Hall–Kier alpha value is -2.99. The number of rotatable bonds is 4. The summed E-state index contributed by atoms with van der Waals surface area (Å²) in [6, 6.07) is 13.3. The molecule has 27 heavy (non-hydrogen) atoms. The number of hydrogen-bond acceptors (Lipinski definition) is 4. The molecule has 0 saturated heterocycles. The molecule has 2 heterocycles. The van der Waals surface area contributed by atoms with E-state index < -0.39 is 0 Å². The van der Waals surface area contributed by atoms with E-state index in [4.69, 9.17) is 0 Å². The van der Waals surface area contributed by atoms with Gasteiger partial charge in [0.05, 0.1) is 17.6 Å². The Kier molecular flexibility index (Phi) is 4.98. The fourth-order valence-electron chi connectivity index (χ4n) is 3.49. The molecule has 4 rings (SSSR count). The Labute approximate surface area is 157 Å². The molecule has 1 saturated carbocycles. The molecule has 0 spiro atoms. The Morgan fingerprint density at radius 3 is 2.74 bits per heavy atom. The molecule has 138 valence electrons. The molecular formula is C21H22N4O2. The molecule has 0 aliphatic heterocycles. The Morgan fingerprint density at radius 2 is 1.93 bits per heavy atom. The van der Waals surface area contributed by atoms with Crippen molar-refractivity contribution in [3.05, 3.63) is 54.2 Å². The van der Waals surface area contributed by atoms with E-state index in [1.807, 2.05) is 36.4 Å². The normalized spacial score (nSPS) is 14.4. The van der Waals surface area contributed by atoms with E-state index in [0.29, 0.717) is 11.3 Å². The Bertz CT molecular complexity index is 967. The molecular weight excluding hydrogens is 340 g/mol. The van der Waals surface area contributed by atoms with Crippen LogP contribution in [0.5, 0.6) is 0 Å². The summed E-state index contributed by atoms with van der Waals surface area (Å²) in [5.74, 6) is 0.501. The standard InChI is InChI=1S/C21H22N4O2/c26-13-14-4-3-5-15(10-14)16-11-19-18(22-12-16)8-9-20(24-19)25-21(27)23-17-6-1-2-7-17/h3-5,8-12,17,26H,1-2,6-7,13H2,(H2,23,24,25,27). The van der Waals surface area contributed by atoms with Crippen LogP contribution in [-0.4, -0.2) is 27.1 Å². The van der Waals surface area contributed by atoms with Gasteiger partial charge in [0.2, 0.25) is 0 Å². The first-order valence-electron chi connectivity index (χ1n) is 9.26. The molecule has 3 N–H and O–H groups in total. The maximum absolute atomic E-state index is 12.2. The van der Waals surface area contributed by atoms with Crippen molar-refractivity contribution >= 4 is 22.9 Å². The summed E-state index contributed by atoms with van der Waals surface area (Å²) in [5, 5.41) is 15.1. The lowest BCUT2D eigenvalue weighted by Crippen LogP contribution is -2.36. The first kappa shape index (κ1) is 17.4. The second kappa shape index (κ2) is 7.72. The number of fused-ring (bicyclic) bond motifs is 1. The number of pyridine rings is 2. The number of nitrogens with zero attached hydrogens (tertiary/aromatic N) is 2. The maximum Gasteiger partial charge on any atom is 0.320 e. The first-order chi connectivity index (χ1) is 13.2. The maximum atomic E-state index is 12.2. The topological polar surface area (TPSA) is 87.1 Å². The summed E-state index contributed by atoms with van der Waals surface area (Å²) in [6.07, 6.45) is 6.22. The van der Waals surface area contributed by atoms with Crippen molar-refractivity contribution < 1.29 is 9.90 Å². The van der Waals surface area contributed by atoms with E-state index in [-0.39, 0.29) is 18.7 Å². The van der Waals surface area contributed by atoms with Gasteiger partial charge in [-0.25, -0.2) is 9.78 Å². The zero-order valence-electron chi connectivity index (χ0n) is 15.0. The number of aromatic nitrogens is 2. The smallest absolute Gasteiger partial charge is 0.320 e. The zero-order valence-corrected chi connectivity index (χ0v) is 15.0. The van der Waals surface area contributed by atoms with Crippen molar-refractivity contribution in [2.45, 2.75) is 38.3 Å². The molecule has 6 heteroatoms. The highest BCUT2D eigenvalue weighted by Crippen LogP contribution is 2.24. The third kappa shape index (κ3) is 4.06. The number of urea groups is 1. The second-order valence-corrected chi connectivity index (χ2v) is 6.90. The van der Waals surface area contributed by atoms with Gasteiger partial charge >= 0.3 is 6.03 Å². The molecule has 1 fully saturated rings. The molecule has 2 aromatic heterocycles. The third-order valence-corrected chi connectivity index (χ3v) is 4.91. The molecule has 0 unspecified atom stereocenters. The van der Waals surface area contributed by atoms with Crippen molar-refractivity contribution in [2.75, 3.05) is 5.32 Å². The molecule has 2 amide bonds. The van der Waals surface area contributed by atoms with Gasteiger partial charge in [0.1, 0.15) is 5.82 Å². The van der Waals surface area contributed by atoms with Crippen LogP contribution in [0.2, 0.25) is 0 Å². The average molecular weight is 362 g/mol. The number of carbonyl (C=O) groups is 1. The molecule has 3 aromatic rings. The number of amides is 2. The van der Waals surface area contributed by atoms with Crippen molar-refractivity contribution in [3.63, 3.8) is 0 Å². The second-order valence-electron chi connectivity index (χ2n) is 6.90. The first-order valence-corrected chi connectivity index (χ1v) is 9.26. The largest absolute Gasteiger partial charge is 0.392 e. The molecule has 1 aliphatic carbocycles. The van der Waals surface area contributed by atoms with E-state index in [2.05, 4.69) is 20.6 Å². The van der Waals surface area contributed by atoms with E-state index >= 15 is 0 Å². The zero-order chi connectivity index (χ0) is 18.6. The number of carbonyl (C=O) groups excluding carboxylic acids is 1. The predicted molar refractivity (Wildman–Crippen MR) is 105 cm³/mol. The summed E-state index contributed by atoms with van der Waals surface area (Å²) < 4.78 is 0. The highest BCUT2D eigenvalue weighted by Gasteiger charge is 2.17. The van der Waals surface area contributed by atoms with Crippen molar-refractivity contribution in [1.29, 1.82) is 0 Å². The van der Waals surface area contributed by atoms with E-state index in [0.717, 1.165) is 35.0 Å². The lowest BCUT2D eigenvalue weighted by molar-refractivity contribution is 0.248. The van der Waals surface area contributed by atoms with Crippen LogP contribution in [0, 0.1) is 0 Å². The Balaban J connectivity index is 1.56. The van der Waals surface area contributed by atoms with Gasteiger partial charge in [-0.2, -0.15) is 0 Å². The van der Waals surface area contributed by atoms with Gasteiger partial charge in [-0.1, -0.05) is 31.0 Å². The summed E-state index contributed by atoms with van der Waals surface area (Å²) in [6.45, 7) is -0.00270. The molecule has 0 radical (unpaired) electrons. The van der Waals surface area contributed by atoms with Crippen LogP contribution >= 0.6 is 0 Å². The van der Waals surface area contributed by atoms with E-state index in [1.165, 1.54) is 12.8 Å². The molecule has 0 bridgehead atoms. The predicted octanol–water partition coefficient (Wildman–Crippen LogP) is 3.85. The highest BCUT2D eigenvalue weighted by atomic mass is 16.3. The quantitative estimate of drug-likeness (QED) is 0.658. The van der Waals surface area contributed by atoms with Crippen LogP contribution in [0.25, 0.3) is 22.2 Å². The third-order valence-electron chi connectivity index (χ3n) is 4.91. The minimum absolute atomic E-state index is 0.00270. The lowest BCUT2D eigenvalue weighted by atomic mass is 10.0. The summed E-state index contributed by atoms with van der Waals surface area (Å²) >= 11 is 0. The minimum atomic E-state index is -0.214. The average Bonchev–Trinajstić information content (AvgIpc) is 3.20. The molecule has 1 aliphatic rings. The summed E-state index contributed by atoms with van der Waals surface area (Å²) in [7, 11) is 0. The van der Waals surface area contributed by atoms with Crippen LogP contribution < -0.4 is 10.6 Å². The van der Waals surface area contributed by atoms with Crippen molar-refractivity contribution in [3.8, 4) is 11.1 Å². The SMILES string of the molecule is O=C(Nc1ccc2ncc(-c3cccc(CO)c3)cc2n1)NC1CCCC1. The van der Waals surface area contributed by atoms with Crippen molar-refractivity contribution in [1.82, 2.24) is 15.3 Å². The van der Waals surface area contributed by atoms with Gasteiger partial charge in [-0.05, 0) is 48.2 Å². The van der Waals surface area contributed by atoms with Gasteiger partial charge in [0, 0.05) is 17.8 Å². The van der Waals surface area contributed by atoms with E-state index in [1.54, 1.807) is 12.3 Å². The van der Waals surface area contributed by atoms with Crippen molar-refractivity contribution in [2.24, 2.45) is 0 Å². The number of aliphatic hydroxyl groups is 1. The lowest BCUT2D eigenvalue weighted by Gasteiger charge is -2.13. The monoisotopic (exact) mass is 362 g/mol. The fourth-order valence-corrected chi connectivity index (χ4v) is 3.49. The number of hydrogen-bond donors (Lipinski definition) is 3.